The van der Waals surface area contributed by atoms with Gasteiger partial charge in [-0.1, -0.05) is 0 Å². The van der Waals surface area contributed by atoms with Crippen molar-refractivity contribution in [3.63, 3.8) is 0 Å². The van der Waals surface area contributed by atoms with E-state index in [0.29, 0.717) is 23.7 Å². The van der Waals surface area contributed by atoms with E-state index >= 15 is 0 Å². The summed E-state index contributed by atoms with van der Waals surface area (Å²) in [4.78, 5) is 16.8. The Kier molecular flexibility index (Phi) is 4.25. The SMILES string of the molecule is CCOC(C)(C)CNC(=O)c1sc2cnccc2c1N. The normalized spacial score (nSPS) is 11.8. The number of carbonyl (C=O) groups is 1. The first-order chi connectivity index (χ1) is 9.44. The Morgan fingerprint density at radius 2 is 2.30 bits per heavy atom. The highest BCUT2D eigenvalue weighted by atomic mass is 32.1. The van der Waals surface area contributed by atoms with E-state index < -0.39 is 5.60 Å². The van der Waals surface area contributed by atoms with Gasteiger partial charge >= 0.3 is 0 Å². The summed E-state index contributed by atoms with van der Waals surface area (Å²) in [6.45, 7) is 6.86. The monoisotopic (exact) mass is 293 g/mol. The van der Waals surface area contributed by atoms with E-state index in [1.54, 1.807) is 12.4 Å². The molecule has 0 spiro atoms. The van der Waals surface area contributed by atoms with Crippen LogP contribution in [0.3, 0.4) is 0 Å². The van der Waals surface area contributed by atoms with E-state index in [-0.39, 0.29) is 5.91 Å². The summed E-state index contributed by atoms with van der Waals surface area (Å²) in [7, 11) is 0. The van der Waals surface area contributed by atoms with Crippen LogP contribution in [0.15, 0.2) is 18.5 Å². The average molecular weight is 293 g/mol. The van der Waals surface area contributed by atoms with Crippen LogP contribution in [0, 0.1) is 0 Å². The van der Waals surface area contributed by atoms with E-state index in [9.17, 15) is 4.79 Å². The molecule has 108 valence electrons. The van der Waals surface area contributed by atoms with Gasteiger partial charge in [0.05, 0.1) is 16.0 Å². The predicted molar refractivity (Wildman–Crippen MR) is 82.1 cm³/mol. The minimum absolute atomic E-state index is 0.170. The maximum atomic E-state index is 12.2. The van der Waals surface area contributed by atoms with Crippen molar-refractivity contribution >= 4 is 33.0 Å². The second kappa shape index (κ2) is 5.76. The molecule has 2 aromatic rings. The van der Waals surface area contributed by atoms with Crippen LogP contribution in [-0.4, -0.2) is 29.6 Å². The average Bonchev–Trinajstić information content (AvgIpc) is 2.74. The third-order valence-corrected chi connectivity index (χ3v) is 4.10. The van der Waals surface area contributed by atoms with Crippen molar-refractivity contribution in [1.82, 2.24) is 10.3 Å². The number of nitrogens with zero attached hydrogens (tertiary/aromatic N) is 1. The van der Waals surface area contributed by atoms with Gasteiger partial charge in [0.1, 0.15) is 4.88 Å². The Morgan fingerprint density at radius 1 is 1.55 bits per heavy atom. The summed E-state index contributed by atoms with van der Waals surface area (Å²) < 4.78 is 6.47. The molecule has 0 unspecified atom stereocenters. The molecule has 1 amide bonds. The molecular weight excluding hydrogens is 274 g/mol. The van der Waals surface area contributed by atoms with Crippen LogP contribution in [0.5, 0.6) is 0 Å². The standard InChI is InChI=1S/C14H19N3O2S/c1-4-19-14(2,3)8-17-13(18)12-11(15)9-5-6-16-7-10(9)20-12/h5-7H,4,8,15H2,1-3H3,(H,17,18). The summed E-state index contributed by atoms with van der Waals surface area (Å²) in [5, 5.41) is 3.75. The van der Waals surface area contributed by atoms with Crippen LogP contribution in [0.25, 0.3) is 10.1 Å². The maximum absolute atomic E-state index is 12.2. The molecule has 0 saturated carbocycles. The van der Waals surface area contributed by atoms with Gasteiger partial charge in [-0.15, -0.1) is 11.3 Å². The number of thiophene rings is 1. The van der Waals surface area contributed by atoms with E-state index in [1.165, 1.54) is 11.3 Å². The molecule has 0 aliphatic heterocycles. The molecule has 2 rings (SSSR count). The van der Waals surface area contributed by atoms with Gasteiger partial charge in [0.15, 0.2) is 0 Å². The Hall–Kier alpha value is -1.66. The van der Waals surface area contributed by atoms with Crippen molar-refractivity contribution < 1.29 is 9.53 Å². The van der Waals surface area contributed by atoms with Gasteiger partial charge in [-0.3, -0.25) is 9.78 Å². The van der Waals surface area contributed by atoms with Crippen LogP contribution in [0.4, 0.5) is 5.69 Å². The number of carbonyl (C=O) groups excluding carboxylic acids is 1. The fourth-order valence-corrected chi connectivity index (χ4v) is 2.96. The summed E-state index contributed by atoms with van der Waals surface area (Å²) in [6.07, 6.45) is 3.39. The first-order valence-corrected chi connectivity index (χ1v) is 7.30. The Bertz CT molecular complexity index is 622. The van der Waals surface area contributed by atoms with Crippen LogP contribution in [0.2, 0.25) is 0 Å². The molecular formula is C14H19N3O2S. The van der Waals surface area contributed by atoms with Crippen molar-refractivity contribution in [3.05, 3.63) is 23.3 Å². The number of amides is 1. The highest BCUT2D eigenvalue weighted by Crippen LogP contribution is 2.32. The van der Waals surface area contributed by atoms with Crippen LogP contribution in [0.1, 0.15) is 30.4 Å². The van der Waals surface area contributed by atoms with Crippen molar-refractivity contribution in [2.75, 3.05) is 18.9 Å². The highest BCUT2D eigenvalue weighted by molar-refractivity contribution is 7.21. The van der Waals surface area contributed by atoms with Crippen molar-refractivity contribution in [2.45, 2.75) is 26.4 Å². The zero-order chi connectivity index (χ0) is 14.8. The first kappa shape index (κ1) is 14.7. The quantitative estimate of drug-likeness (QED) is 0.887. The molecule has 2 aromatic heterocycles. The van der Waals surface area contributed by atoms with E-state index in [2.05, 4.69) is 10.3 Å². The number of ether oxygens (including phenoxy) is 1. The molecule has 6 heteroatoms. The zero-order valence-electron chi connectivity index (χ0n) is 11.9. The Morgan fingerprint density at radius 3 is 2.95 bits per heavy atom. The summed E-state index contributed by atoms with van der Waals surface area (Å²) in [5.74, 6) is -0.170. The topological polar surface area (TPSA) is 77.2 Å². The molecule has 0 saturated heterocycles. The summed E-state index contributed by atoms with van der Waals surface area (Å²) >= 11 is 1.36. The third kappa shape index (κ3) is 3.08. The molecule has 0 atom stereocenters. The third-order valence-electron chi connectivity index (χ3n) is 2.95. The van der Waals surface area contributed by atoms with Gasteiger partial charge in [0, 0.05) is 30.9 Å². The zero-order valence-corrected chi connectivity index (χ0v) is 12.7. The minimum Gasteiger partial charge on any atom is -0.397 e. The molecule has 2 heterocycles. The molecule has 0 aromatic carbocycles. The summed E-state index contributed by atoms with van der Waals surface area (Å²) in [6, 6.07) is 1.82. The van der Waals surface area contributed by atoms with Gasteiger partial charge in [-0.05, 0) is 26.8 Å². The van der Waals surface area contributed by atoms with Crippen LogP contribution in [-0.2, 0) is 4.74 Å². The molecule has 20 heavy (non-hydrogen) atoms. The van der Waals surface area contributed by atoms with Gasteiger partial charge in [-0.2, -0.15) is 0 Å². The lowest BCUT2D eigenvalue weighted by Gasteiger charge is -2.24. The van der Waals surface area contributed by atoms with Crippen LogP contribution >= 0.6 is 11.3 Å². The maximum Gasteiger partial charge on any atom is 0.263 e. The fourth-order valence-electron chi connectivity index (χ4n) is 1.95. The molecule has 5 nitrogen and oxygen atoms in total. The van der Waals surface area contributed by atoms with E-state index in [4.69, 9.17) is 10.5 Å². The number of hydrogen-bond donors (Lipinski definition) is 2. The van der Waals surface area contributed by atoms with Crippen molar-refractivity contribution in [2.24, 2.45) is 0 Å². The molecule has 0 fully saturated rings. The number of hydrogen-bond acceptors (Lipinski definition) is 5. The number of aromatic nitrogens is 1. The van der Waals surface area contributed by atoms with E-state index in [0.717, 1.165) is 10.1 Å². The second-order valence-corrected chi connectivity index (χ2v) is 6.14. The fraction of sp³-hybridized carbons (Fsp3) is 0.429. The van der Waals surface area contributed by atoms with Gasteiger partial charge < -0.3 is 15.8 Å². The van der Waals surface area contributed by atoms with Crippen molar-refractivity contribution in [3.8, 4) is 0 Å². The molecule has 0 bridgehead atoms. The van der Waals surface area contributed by atoms with Gasteiger partial charge in [0.2, 0.25) is 0 Å². The lowest BCUT2D eigenvalue weighted by molar-refractivity contribution is -0.00812. The molecule has 0 radical (unpaired) electrons. The highest BCUT2D eigenvalue weighted by Gasteiger charge is 2.21. The van der Waals surface area contributed by atoms with Crippen molar-refractivity contribution in [1.29, 1.82) is 0 Å². The molecule has 0 aliphatic rings. The molecule has 0 aliphatic carbocycles. The van der Waals surface area contributed by atoms with Gasteiger partial charge in [-0.25, -0.2) is 0 Å². The van der Waals surface area contributed by atoms with E-state index in [1.807, 2.05) is 26.8 Å². The lowest BCUT2D eigenvalue weighted by atomic mass is 10.1. The number of pyridine rings is 1. The smallest absolute Gasteiger partial charge is 0.263 e. The number of anilines is 1. The Balaban J connectivity index is 2.14. The number of fused-ring (bicyclic) bond motifs is 1. The number of rotatable bonds is 5. The predicted octanol–water partition coefficient (Wildman–Crippen LogP) is 2.42. The largest absolute Gasteiger partial charge is 0.397 e. The number of nitrogens with two attached hydrogens (primary N) is 1. The minimum atomic E-state index is -0.391. The number of nitrogens with one attached hydrogen (secondary N) is 1. The van der Waals surface area contributed by atoms with Crippen LogP contribution < -0.4 is 11.1 Å². The first-order valence-electron chi connectivity index (χ1n) is 6.49. The van der Waals surface area contributed by atoms with Gasteiger partial charge in [0.25, 0.3) is 5.91 Å². The lowest BCUT2D eigenvalue weighted by Crippen LogP contribution is -2.40. The second-order valence-electron chi connectivity index (χ2n) is 5.09. The Labute approximate surface area is 122 Å². The molecule has 3 N–H and O–H groups in total. The number of nitrogen functional groups attached to an aromatic ring is 1. The summed E-state index contributed by atoms with van der Waals surface area (Å²) in [5.41, 5.74) is 6.15.